The lowest BCUT2D eigenvalue weighted by atomic mass is 10.2. The monoisotopic (exact) mass is 350 g/mol. The zero-order valence-corrected chi connectivity index (χ0v) is 13.9. The van der Waals surface area contributed by atoms with Crippen LogP contribution >= 0.6 is 0 Å². The molecule has 0 spiro atoms. The molecule has 0 bridgehead atoms. The molecular formula is C18H15FN6O. The van der Waals surface area contributed by atoms with Crippen LogP contribution in [0.5, 0.6) is 0 Å². The molecule has 0 aliphatic heterocycles. The van der Waals surface area contributed by atoms with Crippen LogP contribution < -0.4 is 5.32 Å². The molecule has 26 heavy (non-hydrogen) atoms. The zero-order valence-electron chi connectivity index (χ0n) is 13.9. The summed E-state index contributed by atoms with van der Waals surface area (Å²) < 4.78 is 16.6. The van der Waals surface area contributed by atoms with E-state index in [0.717, 1.165) is 5.69 Å². The third kappa shape index (κ3) is 2.81. The number of imidazole rings is 1. The van der Waals surface area contributed by atoms with Gasteiger partial charge in [0.1, 0.15) is 5.82 Å². The van der Waals surface area contributed by atoms with E-state index in [1.54, 1.807) is 41.7 Å². The Balaban J connectivity index is 1.65. The van der Waals surface area contributed by atoms with Gasteiger partial charge in [-0.3, -0.25) is 9.78 Å². The summed E-state index contributed by atoms with van der Waals surface area (Å²) in [6, 6.07) is 5.97. The van der Waals surface area contributed by atoms with E-state index in [2.05, 4.69) is 20.4 Å². The van der Waals surface area contributed by atoms with Crippen LogP contribution in [-0.2, 0) is 13.6 Å². The number of halogens is 1. The number of nitrogens with zero attached hydrogens (tertiary/aromatic N) is 5. The third-order valence-corrected chi connectivity index (χ3v) is 4.16. The average molecular weight is 350 g/mol. The maximum absolute atomic E-state index is 13.1. The Labute approximate surface area is 148 Å². The van der Waals surface area contributed by atoms with Crippen molar-refractivity contribution in [2.75, 3.05) is 0 Å². The van der Waals surface area contributed by atoms with Gasteiger partial charge in [0.05, 0.1) is 47.7 Å². The second kappa shape index (κ2) is 6.40. The van der Waals surface area contributed by atoms with Gasteiger partial charge in [0, 0.05) is 24.8 Å². The van der Waals surface area contributed by atoms with Gasteiger partial charge in [-0.2, -0.15) is 5.10 Å². The molecule has 4 rings (SSSR count). The molecule has 1 N–H and O–H groups in total. The Kier molecular flexibility index (Phi) is 3.92. The minimum absolute atomic E-state index is 0.247. The van der Waals surface area contributed by atoms with Crippen LogP contribution in [0.25, 0.3) is 16.6 Å². The number of hydrogen-bond donors (Lipinski definition) is 1. The van der Waals surface area contributed by atoms with Crippen LogP contribution in [0, 0.1) is 5.82 Å². The smallest absolute Gasteiger partial charge is 0.253 e. The minimum atomic E-state index is -0.321. The van der Waals surface area contributed by atoms with Gasteiger partial charge in [0.2, 0.25) is 0 Å². The Bertz CT molecular complexity index is 1080. The van der Waals surface area contributed by atoms with Crippen molar-refractivity contribution in [3.8, 4) is 5.69 Å². The number of amides is 1. The summed E-state index contributed by atoms with van der Waals surface area (Å²) in [5.74, 6) is -0.568. The lowest BCUT2D eigenvalue weighted by Crippen LogP contribution is -2.24. The summed E-state index contributed by atoms with van der Waals surface area (Å²) in [6.07, 6.45) is 8.13. The predicted octanol–water partition coefficient (Wildman–Crippen LogP) is 2.22. The highest BCUT2D eigenvalue weighted by Gasteiger charge is 2.15. The number of aromatic nitrogens is 5. The molecule has 8 heteroatoms. The average Bonchev–Trinajstić information content (AvgIpc) is 3.26. The zero-order chi connectivity index (χ0) is 18.1. The van der Waals surface area contributed by atoms with E-state index in [9.17, 15) is 9.18 Å². The number of benzene rings is 1. The number of aryl methyl sites for hydroxylation is 1. The first kappa shape index (κ1) is 15.9. The number of nitrogens with one attached hydrogen (secondary N) is 1. The Morgan fingerprint density at radius 1 is 1.12 bits per heavy atom. The van der Waals surface area contributed by atoms with Crippen LogP contribution in [0.2, 0.25) is 0 Å². The van der Waals surface area contributed by atoms with Crippen molar-refractivity contribution in [1.29, 1.82) is 0 Å². The van der Waals surface area contributed by atoms with E-state index in [1.807, 2.05) is 11.6 Å². The van der Waals surface area contributed by atoms with Crippen molar-refractivity contribution < 1.29 is 9.18 Å². The van der Waals surface area contributed by atoms with E-state index in [-0.39, 0.29) is 11.7 Å². The van der Waals surface area contributed by atoms with Crippen molar-refractivity contribution in [2.24, 2.45) is 7.05 Å². The second-order valence-electron chi connectivity index (χ2n) is 5.83. The highest BCUT2D eigenvalue weighted by molar-refractivity contribution is 6.05. The van der Waals surface area contributed by atoms with Crippen LogP contribution in [0.1, 0.15) is 16.1 Å². The van der Waals surface area contributed by atoms with E-state index >= 15 is 0 Å². The summed E-state index contributed by atoms with van der Waals surface area (Å²) in [5.41, 5.74) is 2.68. The lowest BCUT2D eigenvalue weighted by Gasteiger charge is -2.07. The molecule has 3 aromatic heterocycles. The first-order valence-corrected chi connectivity index (χ1v) is 7.94. The first-order valence-electron chi connectivity index (χ1n) is 7.94. The minimum Gasteiger partial charge on any atom is -0.346 e. The van der Waals surface area contributed by atoms with Crippen LogP contribution in [-0.4, -0.2) is 30.2 Å². The predicted molar refractivity (Wildman–Crippen MR) is 93.2 cm³/mol. The number of fused-ring (bicyclic) bond motifs is 1. The van der Waals surface area contributed by atoms with E-state index < -0.39 is 0 Å². The number of carbonyl (C=O) groups excluding carboxylic acids is 1. The van der Waals surface area contributed by atoms with Crippen molar-refractivity contribution in [3.05, 3.63) is 72.5 Å². The molecule has 0 saturated heterocycles. The van der Waals surface area contributed by atoms with Crippen molar-refractivity contribution in [1.82, 2.24) is 29.6 Å². The molecule has 4 aromatic rings. The van der Waals surface area contributed by atoms with Crippen molar-refractivity contribution >= 4 is 16.8 Å². The Morgan fingerprint density at radius 2 is 1.92 bits per heavy atom. The normalized spacial score (nSPS) is 11.0. The van der Waals surface area contributed by atoms with Gasteiger partial charge in [-0.25, -0.2) is 14.1 Å². The molecular weight excluding hydrogens is 335 g/mol. The number of pyridine rings is 1. The molecule has 0 aliphatic carbocycles. The number of hydrogen-bond acceptors (Lipinski definition) is 4. The summed E-state index contributed by atoms with van der Waals surface area (Å²) in [6.45, 7) is 0.359. The SMILES string of the molecule is Cn1cncc1CNC(=O)c1cncc2c1cnn2-c1ccc(F)cc1. The molecule has 1 amide bonds. The van der Waals surface area contributed by atoms with Gasteiger partial charge in [-0.1, -0.05) is 0 Å². The van der Waals surface area contributed by atoms with Crippen LogP contribution in [0.15, 0.2) is 55.4 Å². The molecule has 0 unspecified atom stereocenters. The second-order valence-corrected chi connectivity index (χ2v) is 5.83. The summed E-state index contributed by atoms with van der Waals surface area (Å²) in [5, 5.41) is 7.86. The summed E-state index contributed by atoms with van der Waals surface area (Å²) in [7, 11) is 1.86. The number of carbonyl (C=O) groups is 1. The first-order chi connectivity index (χ1) is 12.6. The fraction of sp³-hybridized carbons (Fsp3) is 0.111. The van der Waals surface area contributed by atoms with Crippen molar-refractivity contribution in [2.45, 2.75) is 6.54 Å². The third-order valence-electron chi connectivity index (χ3n) is 4.16. The van der Waals surface area contributed by atoms with E-state index in [0.29, 0.717) is 28.7 Å². The van der Waals surface area contributed by atoms with Gasteiger partial charge in [-0.15, -0.1) is 0 Å². The highest BCUT2D eigenvalue weighted by atomic mass is 19.1. The van der Waals surface area contributed by atoms with Gasteiger partial charge >= 0.3 is 0 Å². The quantitative estimate of drug-likeness (QED) is 0.612. The molecule has 0 saturated carbocycles. The molecule has 0 atom stereocenters. The van der Waals surface area contributed by atoms with Gasteiger partial charge in [0.25, 0.3) is 5.91 Å². The lowest BCUT2D eigenvalue weighted by molar-refractivity contribution is 0.0951. The van der Waals surface area contributed by atoms with Crippen LogP contribution in [0.3, 0.4) is 0 Å². The number of rotatable bonds is 4. The molecule has 7 nitrogen and oxygen atoms in total. The molecule has 0 radical (unpaired) electrons. The van der Waals surface area contributed by atoms with Gasteiger partial charge in [-0.05, 0) is 24.3 Å². The molecule has 130 valence electrons. The molecule has 1 aromatic carbocycles. The maximum atomic E-state index is 13.1. The summed E-state index contributed by atoms with van der Waals surface area (Å²) in [4.78, 5) is 20.8. The standard InChI is InChI=1S/C18H15FN6O/c1-24-11-21-6-14(24)7-22-18(26)16-8-20-10-17-15(16)9-23-25(17)13-4-2-12(19)3-5-13/h2-6,8-11H,7H2,1H3,(H,22,26). The molecule has 0 aliphatic rings. The summed E-state index contributed by atoms with van der Waals surface area (Å²) >= 11 is 0. The van der Waals surface area contributed by atoms with Gasteiger partial charge < -0.3 is 9.88 Å². The van der Waals surface area contributed by atoms with E-state index in [1.165, 1.54) is 18.3 Å². The fourth-order valence-electron chi connectivity index (χ4n) is 2.73. The highest BCUT2D eigenvalue weighted by Crippen LogP contribution is 2.21. The van der Waals surface area contributed by atoms with Crippen molar-refractivity contribution in [3.63, 3.8) is 0 Å². The Morgan fingerprint density at radius 3 is 2.65 bits per heavy atom. The Hall–Kier alpha value is -3.55. The fourth-order valence-corrected chi connectivity index (χ4v) is 2.73. The van der Waals surface area contributed by atoms with E-state index in [4.69, 9.17) is 0 Å². The molecule has 0 fully saturated rings. The van der Waals surface area contributed by atoms with Crippen LogP contribution in [0.4, 0.5) is 4.39 Å². The maximum Gasteiger partial charge on any atom is 0.253 e. The molecule has 3 heterocycles. The largest absolute Gasteiger partial charge is 0.346 e. The topological polar surface area (TPSA) is 77.6 Å². The van der Waals surface area contributed by atoms with Gasteiger partial charge in [0.15, 0.2) is 0 Å².